The van der Waals surface area contributed by atoms with Crippen LogP contribution < -0.4 is 5.73 Å². The minimum Gasteiger partial charge on any atom is -0.480 e. The van der Waals surface area contributed by atoms with Crippen molar-refractivity contribution in [3.63, 3.8) is 0 Å². The molecule has 4 nitrogen and oxygen atoms in total. The van der Waals surface area contributed by atoms with E-state index < -0.39 is 12.0 Å². The molecule has 0 unspecified atom stereocenters. The van der Waals surface area contributed by atoms with Crippen LogP contribution in [0.5, 0.6) is 0 Å². The molecule has 0 spiro atoms. The third-order valence-electron chi connectivity index (χ3n) is 2.99. The molecule has 0 bridgehead atoms. The lowest BCUT2D eigenvalue weighted by Crippen LogP contribution is -2.35. The lowest BCUT2D eigenvalue weighted by Gasteiger charge is -2.15. The third-order valence-corrected chi connectivity index (χ3v) is 3.48. The molecule has 0 aliphatic rings. The molecular weight excluding hydrogens is 284 g/mol. The molecule has 0 saturated heterocycles. The number of aromatic amines is 1. The highest BCUT2D eigenvalue weighted by Crippen LogP contribution is 2.29. The van der Waals surface area contributed by atoms with Crippen LogP contribution in [-0.2, 0) is 4.79 Å². The van der Waals surface area contributed by atoms with Gasteiger partial charge in [0.2, 0.25) is 0 Å². The number of rotatable bonds is 3. The fourth-order valence-electron chi connectivity index (χ4n) is 1.90. The summed E-state index contributed by atoms with van der Waals surface area (Å²) in [6.45, 7) is 1.82. The average Bonchev–Trinajstić information content (AvgIpc) is 2.69. The normalized spacial score (nSPS) is 14.8. The van der Waals surface area contributed by atoms with Gasteiger partial charge in [-0.3, -0.25) is 4.79 Å². The van der Waals surface area contributed by atoms with Crippen molar-refractivity contribution in [2.45, 2.75) is 18.9 Å². The highest BCUT2D eigenvalue weighted by atomic mass is 79.9. The lowest BCUT2D eigenvalue weighted by atomic mass is 9.93. The Kier molecular flexibility index (Phi) is 3.22. The predicted octanol–water partition coefficient (Wildman–Crippen LogP) is 2.45. The fraction of sp³-hybridized carbons (Fsp3) is 0.250. The Morgan fingerprint density at radius 1 is 1.53 bits per heavy atom. The number of aliphatic carboxylic acids is 1. The Balaban J connectivity index is 2.48. The first-order valence-electron chi connectivity index (χ1n) is 5.25. The molecule has 0 radical (unpaired) electrons. The summed E-state index contributed by atoms with van der Waals surface area (Å²) in [4.78, 5) is 14.0. The number of hydrogen-bond acceptors (Lipinski definition) is 2. The number of H-pyrrole nitrogens is 1. The Bertz CT molecular complexity index is 565. The standard InChI is InChI=1S/C12H13BrN2O2/c1-6(11(14)12(16)17)9-5-15-10-3-2-7(13)4-8(9)10/h2-6,11,15H,14H2,1H3,(H,16,17)/t6-,11-/m0/s1. The van der Waals surface area contributed by atoms with Crippen LogP contribution in [0.1, 0.15) is 18.4 Å². The van der Waals surface area contributed by atoms with Crippen LogP contribution in [0.4, 0.5) is 0 Å². The van der Waals surface area contributed by atoms with Gasteiger partial charge in [0, 0.05) is 27.5 Å². The molecule has 90 valence electrons. The summed E-state index contributed by atoms with van der Waals surface area (Å²) in [5.74, 6) is -1.22. The second-order valence-corrected chi connectivity index (χ2v) is 5.00. The predicted molar refractivity (Wildman–Crippen MR) is 70.0 cm³/mol. The van der Waals surface area contributed by atoms with Crippen molar-refractivity contribution in [3.8, 4) is 0 Å². The Morgan fingerprint density at radius 3 is 2.88 bits per heavy atom. The van der Waals surface area contributed by atoms with Crippen molar-refractivity contribution in [1.29, 1.82) is 0 Å². The smallest absolute Gasteiger partial charge is 0.321 e. The van der Waals surface area contributed by atoms with Crippen molar-refractivity contribution in [2.24, 2.45) is 5.73 Å². The Hall–Kier alpha value is -1.33. The van der Waals surface area contributed by atoms with Crippen LogP contribution >= 0.6 is 15.9 Å². The molecule has 1 aromatic carbocycles. The van der Waals surface area contributed by atoms with E-state index in [0.29, 0.717) is 0 Å². The van der Waals surface area contributed by atoms with Crippen LogP contribution in [0.3, 0.4) is 0 Å². The molecule has 2 atom stereocenters. The second-order valence-electron chi connectivity index (χ2n) is 4.09. The molecule has 1 aromatic heterocycles. The van der Waals surface area contributed by atoms with E-state index in [-0.39, 0.29) is 5.92 Å². The van der Waals surface area contributed by atoms with E-state index in [2.05, 4.69) is 20.9 Å². The Morgan fingerprint density at radius 2 is 2.24 bits per heavy atom. The van der Waals surface area contributed by atoms with Crippen LogP contribution in [0.25, 0.3) is 10.9 Å². The van der Waals surface area contributed by atoms with E-state index in [0.717, 1.165) is 20.9 Å². The average molecular weight is 297 g/mol. The van der Waals surface area contributed by atoms with E-state index >= 15 is 0 Å². The molecule has 4 N–H and O–H groups in total. The lowest BCUT2D eigenvalue weighted by molar-refractivity contribution is -0.138. The highest BCUT2D eigenvalue weighted by molar-refractivity contribution is 9.10. The SMILES string of the molecule is C[C@@H](c1c[nH]c2ccc(Br)cc12)[C@H](N)C(=O)O. The van der Waals surface area contributed by atoms with E-state index in [4.69, 9.17) is 10.8 Å². The van der Waals surface area contributed by atoms with Gasteiger partial charge < -0.3 is 15.8 Å². The van der Waals surface area contributed by atoms with E-state index in [1.54, 1.807) is 0 Å². The number of nitrogens with one attached hydrogen (secondary N) is 1. The van der Waals surface area contributed by atoms with Crippen molar-refractivity contribution in [2.75, 3.05) is 0 Å². The van der Waals surface area contributed by atoms with Gasteiger partial charge >= 0.3 is 5.97 Å². The molecule has 0 saturated carbocycles. The molecule has 0 aliphatic heterocycles. The summed E-state index contributed by atoms with van der Waals surface area (Å²) in [5.41, 5.74) is 7.56. The molecule has 0 amide bonds. The largest absolute Gasteiger partial charge is 0.480 e. The fourth-order valence-corrected chi connectivity index (χ4v) is 2.26. The van der Waals surface area contributed by atoms with Gasteiger partial charge in [-0.05, 0) is 23.8 Å². The van der Waals surface area contributed by atoms with Crippen LogP contribution in [0.2, 0.25) is 0 Å². The quantitative estimate of drug-likeness (QED) is 0.814. The van der Waals surface area contributed by atoms with Gasteiger partial charge in [-0.1, -0.05) is 22.9 Å². The summed E-state index contributed by atoms with van der Waals surface area (Å²) in [5, 5.41) is 9.94. The van der Waals surface area contributed by atoms with E-state index in [1.165, 1.54) is 0 Å². The van der Waals surface area contributed by atoms with Crippen molar-refractivity contribution >= 4 is 32.8 Å². The molecule has 0 aliphatic carbocycles. The third kappa shape index (κ3) is 2.21. The van der Waals surface area contributed by atoms with Gasteiger partial charge in [0.25, 0.3) is 0 Å². The summed E-state index contributed by atoms with van der Waals surface area (Å²) >= 11 is 3.40. The molecule has 17 heavy (non-hydrogen) atoms. The zero-order valence-electron chi connectivity index (χ0n) is 9.27. The van der Waals surface area contributed by atoms with Gasteiger partial charge in [0.05, 0.1) is 0 Å². The zero-order chi connectivity index (χ0) is 12.6. The molecular formula is C12H13BrN2O2. The van der Waals surface area contributed by atoms with Crippen molar-refractivity contribution in [1.82, 2.24) is 4.98 Å². The first kappa shape index (κ1) is 12.1. The highest BCUT2D eigenvalue weighted by Gasteiger charge is 2.23. The number of fused-ring (bicyclic) bond motifs is 1. The molecule has 2 aromatic rings. The van der Waals surface area contributed by atoms with Crippen molar-refractivity contribution in [3.05, 3.63) is 34.4 Å². The number of carbonyl (C=O) groups is 1. The summed E-state index contributed by atoms with van der Waals surface area (Å²) in [6, 6.07) is 4.95. The maximum Gasteiger partial charge on any atom is 0.321 e. The number of aromatic nitrogens is 1. The summed E-state index contributed by atoms with van der Waals surface area (Å²) < 4.78 is 0.960. The summed E-state index contributed by atoms with van der Waals surface area (Å²) in [6.07, 6.45) is 1.82. The zero-order valence-corrected chi connectivity index (χ0v) is 10.9. The molecule has 2 rings (SSSR count). The monoisotopic (exact) mass is 296 g/mol. The number of hydrogen-bond donors (Lipinski definition) is 3. The topological polar surface area (TPSA) is 79.1 Å². The van der Waals surface area contributed by atoms with Crippen molar-refractivity contribution < 1.29 is 9.90 Å². The van der Waals surface area contributed by atoms with E-state index in [9.17, 15) is 4.79 Å². The van der Waals surface area contributed by atoms with Gasteiger partial charge in [0.1, 0.15) is 6.04 Å². The van der Waals surface area contributed by atoms with Crippen LogP contribution in [0.15, 0.2) is 28.9 Å². The molecule has 1 heterocycles. The maximum absolute atomic E-state index is 10.9. The van der Waals surface area contributed by atoms with Crippen LogP contribution in [-0.4, -0.2) is 22.1 Å². The van der Waals surface area contributed by atoms with Gasteiger partial charge in [0.15, 0.2) is 0 Å². The summed E-state index contributed by atoms with van der Waals surface area (Å²) in [7, 11) is 0. The van der Waals surface area contributed by atoms with Gasteiger partial charge in [-0.25, -0.2) is 0 Å². The number of halogens is 1. The number of carboxylic acids is 1. The van der Waals surface area contributed by atoms with Gasteiger partial charge in [-0.2, -0.15) is 0 Å². The second kappa shape index (κ2) is 4.50. The minimum atomic E-state index is -0.984. The van der Waals surface area contributed by atoms with Crippen LogP contribution in [0, 0.1) is 0 Å². The maximum atomic E-state index is 10.9. The number of nitrogens with two attached hydrogens (primary N) is 1. The van der Waals surface area contributed by atoms with Gasteiger partial charge in [-0.15, -0.1) is 0 Å². The van der Waals surface area contributed by atoms with E-state index in [1.807, 2.05) is 31.3 Å². The minimum absolute atomic E-state index is 0.240. The molecule has 0 fully saturated rings. The number of carboxylic acid groups (broad SMARTS) is 1. The first-order chi connectivity index (χ1) is 8.00. The first-order valence-corrected chi connectivity index (χ1v) is 6.05. The molecule has 5 heteroatoms. The number of benzene rings is 1. The Labute approximate surface area is 107 Å².